The Balaban J connectivity index is 1.86. The Morgan fingerprint density at radius 2 is 1.75 bits per heavy atom. The molecule has 0 aromatic heterocycles. The van der Waals surface area contributed by atoms with E-state index in [4.69, 9.17) is 17.0 Å². The van der Waals surface area contributed by atoms with Crippen molar-refractivity contribution in [3.8, 4) is 5.75 Å². The summed E-state index contributed by atoms with van der Waals surface area (Å²) in [7, 11) is 0. The third-order valence-corrected chi connectivity index (χ3v) is 3.62. The third-order valence-electron chi connectivity index (χ3n) is 3.42. The molecular weight excluding hydrogens is 320 g/mol. The molecule has 2 N–H and O–H groups in total. The molecule has 0 atom stereocenters. The van der Waals surface area contributed by atoms with Gasteiger partial charge in [0.1, 0.15) is 5.75 Å². The van der Waals surface area contributed by atoms with Crippen LogP contribution in [0.4, 0.5) is 5.69 Å². The monoisotopic (exact) mass is 342 g/mol. The lowest BCUT2D eigenvalue weighted by molar-refractivity contribution is 0.0977. The van der Waals surface area contributed by atoms with Gasteiger partial charge in [-0.05, 0) is 62.0 Å². The first-order chi connectivity index (χ1) is 11.6. The molecule has 2 rings (SSSR count). The second kappa shape index (κ2) is 9.03. The maximum Gasteiger partial charge on any atom is 0.257 e. The van der Waals surface area contributed by atoms with E-state index >= 15 is 0 Å². The Labute approximate surface area is 148 Å². The first-order valence-electron chi connectivity index (χ1n) is 8.00. The molecule has 1 amide bonds. The fraction of sp³-hybridized carbons (Fsp3) is 0.263. The van der Waals surface area contributed by atoms with Crippen LogP contribution in [0.1, 0.15) is 35.7 Å². The lowest BCUT2D eigenvalue weighted by atomic mass is 10.2. The number of amides is 1. The van der Waals surface area contributed by atoms with E-state index in [1.807, 2.05) is 31.2 Å². The molecule has 0 aliphatic carbocycles. The molecule has 0 radical (unpaired) electrons. The summed E-state index contributed by atoms with van der Waals surface area (Å²) >= 11 is 5.17. The number of unbranched alkanes of at least 4 members (excludes halogenated alkanes) is 1. The van der Waals surface area contributed by atoms with E-state index in [0.717, 1.165) is 29.8 Å². The van der Waals surface area contributed by atoms with E-state index in [2.05, 4.69) is 17.6 Å². The molecule has 0 aliphatic heterocycles. The number of hydrogen-bond acceptors (Lipinski definition) is 3. The maximum absolute atomic E-state index is 12.2. The molecule has 4 nitrogen and oxygen atoms in total. The smallest absolute Gasteiger partial charge is 0.257 e. The quantitative estimate of drug-likeness (QED) is 0.607. The summed E-state index contributed by atoms with van der Waals surface area (Å²) in [6, 6.07) is 14.8. The Hall–Kier alpha value is -2.40. The fourth-order valence-corrected chi connectivity index (χ4v) is 2.22. The minimum absolute atomic E-state index is 0.250. The van der Waals surface area contributed by atoms with Crippen molar-refractivity contribution in [3.05, 3.63) is 59.7 Å². The van der Waals surface area contributed by atoms with Crippen molar-refractivity contribution in [2.75, 3.05) is 11.9 Å². The molecule has 126 valence electrons. The SMILES string of the molecule is CCCCOc1ccc(C(=O)NC(=S)Nc2ccc(C)cc2)cc1. The minimum atomic E-state index is -0.250. The summed E-state index contributed by atoms with van der Waals surface area (Å²) in [5, 5.41) is 5.93. The summed E-state index contributed by atoms with van der Waals surface area (Å²) in [4.78, 5) is 12.2. The van der Waals surface area contributed by atoms with Crippen molar-refractivity contribution in [3.63, 3.8) is 0 Å². The van der Waals surface area contributed by atoms with Crippen molar-refractivity contribution in [2.45, 2.75) is 26.7 Å². The summed E-state index contributed by atoms with van der Waals surface area (Å²) in [6.45, 7) is 4.82. The topological polar surface area (TPSA) is 50.4 Å². The van der Waals surface area contributed by atoms with E-state index < -0.39 is 0 Å². The first kappa shape index (κ1) is 17.9. The van der Waals surface area contributed by atoms with Crippen LogP contribution in [-0.2, 0) is 0 Å². The van der Waals surface area contributed by atoms with E-state index in [1.165, 1.54) is 0 Å². The zero-order valence-electron chi connectivity index (χ0n) is 14.0. The number of nitrogens with one attached hydrogen (secondary N) is 2. The number of hydrogen-bond donors (Lipinski definition) is 2. The van der Waals surface area contributed by atoms with E-state index in [1.54, 1.807) is 24.3 Å². The third kappa shape index (κ3) is 5.66. The molecule has 24 heavy (non-hydrogen) atoms. The van der Waals surface area contributed by atoms with Crippen LogP contribution < -0.4 is 15.4 Å². The van der Waals surface area contributed by atoms with Gasteiger partial charge in [0.05, 0.1) is 6.61 Å². The van der Waals surface area contributed by atoms with Crippen LogP contribution in [0.2, 0.25) is 0 Å². The van der Waals surface area contributed by atoms with E-state index in [0.29, 0.717) is 12.2 Å². The number of aryl methyl sites for hydroxylation is 1. The summed E-state index contributed by atoms with van der Waals surface area (Å²) in [6.07, 6.45) is 2.10. The maximum atomic E-state index is 12.2. The zero-order chi connectivity index (χ0) is 17.4. The average Bonchev–Trinajstić information content (AvgIpc) is 2.58. The number of carbonyl (C=O) groups is 1. The second-order valence-corrected chi connectivity index (χ2v) is 5.91. The highest BCUT2D eigenvalue weighted by atomic mass is 32.1. The number of benzene rings is 2. The number of anilines is 1. The van der Waals surface area contributed by atoms with Crippen molar-refractivity contribution in [1.82, 2.24) is 5.32 Å². The van der Waals surface area contributed by atoms with Gasteiger partial charge in [-0.2, -0.15) is 0 Å². The van der Waals surface area contributed by atoms with Crippen molar-refractivity contribution in [1.29, 1.82) is 0 Å². The highest BCUT2D eigenvalue weighted by Crippen LogP contribution is 2.13. The predicted molar refractivity (Wildman–Crippen MR) is 102 cm³/mol. The predicted octanol–water partition coefficient (Wildman–Crippen LogP) is 4.30. The molecule has 0 saturated carbocycles. The second-order valence-electron chi connectivity index (χ2n) is 5.50. The van der Waals surface area contributed by atoms with Crippen LogP contribution in [0.5, 0.6) is 5.75 Å². The summed E-state index contributed by atoms with van der Waals surface area (Å²) in [5.74, 6) is 0.514. The number of carbonyl (C=O) groups excluding carboxylic acids is 1. The van der Waals surface area contributed by atoms with Gasteiger partial charge in [-0.1, -0.05) is 31.0 Å². The Morgan fingerprint density at radius 3 is 2.38 bits per heavy atom. The van der Waals surface area contributed by atoms with Gasteiger partial charge in [-0.15, -0.1) is 0 Å². The van der Waals surface area contributed by atoms with Gasteiger partial charge < -0.3 is 10.1 Å². The van der Waals surface area contributed by atoms with Gasteiger partial charge in [0.15, 0.2) is 5.11 Å². The van der Waals surface area contributed by atoms with E-state index in [9.17, 15) is 4.79 Å². The minimum Gasteiger partial charge on any atom is -0.494 e. The largest absolute Gasteiger partial charge is 0.494 e. The van der Waals surface area contributed by atoms with Crippen LogP contribution in [0.25, 0.3) is 0 Å². The summed E-state index contributed by atoms with van der Waals surface area (Å²) < 4.78 is 5.58. The van der Waals surface area contributed by atoms with Crippen LogP contribution in [0.3, 0.4) is 0 Å². The molecule has 2 aromatic carbocycles. The normalized spacial score (nSPS) is 10.1. The molecule has 0 bridgehead atoms. The van der Waals surface area contributed by atoms with Crippen LogP contribution >= 0.6 is 12.2 Å². The number of rotatable bonds is 6. The van der Waals surface area contributed by atoms with Crippen molar-refractivity contribution in [2.24, 2.45) is 0 Å². The van der Waals surface area contributed by atoms with Crippen LogP contribution in [0, 0.1) is 6.92 Å². The first-order valence-corrected chi connectivity index (χ1v) is 8.41. The molecule has 5 heteroatoms. The highest BCUT2D eigenvalue weighted by Gasteiger charge is 2.08. The number of thiocarbonyl (C=S) groups is 1. The van der Waals surface area contributed by atoms with Gasteiger partial charge in [0, 0.05) is 11.3 Å². The highest BCUT2D eigenvalue weighted by molar-refractivity contribution is 7.80. The zero-order valence-corrected chi connectivity index (χ0v) is 14.8. The molecular formula is C19H22N2O2S. The van der Waals surface area contributed by atoms with Gasteiger partial charge in [0.25, 0.3) is 5.91 Å². The van der Waals surface area contributed by atoms with Gasteiger partial charge in [0.2, 0.25) is 0 Å². The molecule has 0 saturated heterocycles. The Morgan fingerprint density at radius 1 is 1.08 bits per heavy atom. The standard InChI is InChI=1S/C19H22N2O2S/c1-3-4-13-23-17-11-7-15(8-12-17)18(22)21-19(24)20-16-9-5-14(2)6-10-16/h5-12H,3-4,13H2,1-2H3,(H2,20,21,22,24). The Bertz CT molecular complexity index is 682. The van der Waals surface area contributed by atoms with Crippen LogP contribution in [0.15, 0.2) is 48.5 Å². The molecule has 0 aliphatic rings. The van der Waals surface area contributed by atoms with E-state index in [-0.39, 0.29) is 11.0 Å². The average molecular weight is 342 g/mol. The molecule has 0 heterocycles. The lowest BCUT2D eigenvalue weighted by Gasteiger charge is -2.10. The fourth-order valence-electron chi connectivity index (χ4n) is 2.01. The van der Waals surface area contributed by atoms with Crippen molar-refractivity contribution < 1.29 is 9.53 Å². The lowest BCUT2D eigenvalue weighted by Crippen LogP contribution is -2.34. The Kier molecular flexibility index (Phi) is 6.75. The van der Waals surface area contributed by atoms with Gasteiger partial charge in [-0.3, -0.25) is 10.1 Å². The molecule has 0 unspecified atom stereocenters. The van der Waals surface area contributed by atoms with Gasteiger partial charge in [-0.25, -0.2) is 0 Å². The number of ether oxygens (including phenoxy) is 1. The summed E-state index contributed by atoms with van der Waals surface area (Å²) in [5.41, 5.74) is 2.54. The van der Waals surface area contributed by atoms with Crippen molar-refractivity contribution >= 4 is 28.9 Å². The molecule has 0 spiro atoms. The van der Waals surface area contributed by atoms with Crippen LogP contribution in [-0.4, -0.2) is 17.6 Å². The molecule has 0 fully saturated rings. The van der Waals surface area contributed by atoms with Gasteiger partial charge >= 0.3 is 0 Å². The molecule has 2 aromatic rings.